The first-order valence-electron chi connectivity index (χ1n) is 17.7. The van der Waals surface area contributed by atoms with Crippen LogP contribution >= 0.6 is 11.9 Å². The Labute approximate surface area is 330 Å². The zero-order valence-electron chi connectivity index (χ0n) is 32.1. The second-order valence-electron chi connectivity index (χ2n) is 14.1. The molecular formula is C41H48N6O8S. The lowest BCUT2D eigenvalue weighted by atomic mass is 9.86. The zero-order chi connectivity index (χ0) is 40.5. The number of pyridine rings is 1. The van der Waals surface area contributed by atoms with Crippen LogP contribution in [0.3, 0.4) is 0 Å². The van der Waals surface area contributed by atoms with Crippen LogP contribution in [0.5, 0.6) is 23.0 Å². The van der Waals surface area contributed by atoms with Gasteiger partial charge in [-0.25, -0.2) is 9.78 Å². The summed E-state index contributed by atoms with van der Waals surface area (Å²) in [7, 11) is 3.00. The molecule has 8 N–H and O–H groups in total. The second-order valence-corrected chi connectivity index (χ2v) is 14.7. The largest absolute Gasteiger partial charge is 0.496 e. The Balaban J connectivity index is 1.32. The molecule has 14 nitrogen and oxygen atoms in total. The number of carbonyl (C=O) groups excluding carboxylic acids is 2. The van der Waals surface area contributed by atoms with Crippen LogP contribution < -0.4 is 40.2 Å². The lowest BCUT2D eigenvalue weighted by Crippen LogP contribution is -2.45. The van der Waals surface area contributed by atoms with E-state index in [0.717, 1.165) is 22.0 Å². The molecule has 0 radical (unpaired) electrons. The van der Waals surface area contributed by atoms with E-state index in [2.05, 4.69) is 51.7 Å². The van der Waals surface area contributed by atoms with Gasteiger partial charge in [0.1, 0.15) is 23.1 Å². The van der Waals surface area contributed by atoms with Gasteiger partial charge in [-0.1, -0.05) is 57.0 Å². The summed E-state index contributed by atoms with van der Waals surface area (Å²) < 4.78 is 20.8. The fraction of sp³-hybridized carbons (Fsp3) is 0.293. The van der Waals surface area contributed by atoms with E-state index in [4.69, 9.17) is 14.2 Å². The van der Waals surface area contributed by atoms with Gasteiger partial charge < -0.3 is 55.5 Å². The minimum absolute atomic E-state index is 0.140. The number of fused-ring (bicyclic) bond motifs is 1. The molecule has 0 bridgehead atoms. The SMILES string of the molecule is COc1cc(Nc2cc(Oc3ccc(NC(=O)Nc4cc(C(C)(C)C)cc(NSC)c4OC)c4ccccc34)ccn2)ccc1C(=O)NCC(CO)(CO)CO. The highest BCUT2D eigenvalue weighted by atomic mass is 32.2. The lowest BCUT2D eigenvalue weighted by Gasteiger charge is -2.27. The maximum Gasteiger partial charge on any atom is 0.323 e. The van der Waals surface area contributed by atoms with Crippen LogP contribution in [0.1, 0.15) is 36.7 Å². The van der Waals surface area contributed by atoms with Gasteiger partial charge in [-0.3, -0.25) is 4.79 Å². The van der Waals surface area contributed by atoms with E-state index in [9.17, 15) is 24.9 Å². The van der Waals surface area contributed by atoms with E-state index in [1.54, 1.807) is 55.8 Å². The molecular weight excluding hydrogens is 737 g/mol. The summed E-state index contributed by atoms with van der Waals surface area (Å²) in [6.45, 7) is 4.66. The van der Waals surface area contributed by atoms with E-state index < -0.39 is 37.2 Å². The molecule has 0 spiro atoms. The summed E-state index contributed by atoms with van der Waals surface area (Å²) in [5.41, 5.74) is 2.27. The summed E-state index contributed by atoms with van der Waals surface area (Å²) in [5.74, 6) is 1.80. The highest BCUT2D eigenvalue weighted by Crippen LogP contribution is 2.40. The van der Waals surface area contributed by atoms with Crippen molar-refractivity contribution < 1.29 is 39.1 Å². The van der Waals surface area contributed by atoms with Gasteiger partial charge in [-0.2, -0.15) is 0 Å². The van der Waals surface area contributed by atoms with Crippen molar-refractivity contribution in [1.29, 1.82) is 0 Å². The van der Waals surface area contributed by atoms with Gasteiger partial charge in [0.15, 0.2) is 5.75 Å². The Morgan fingerprint density at radius 3 is 2.14 bits per heavy atom. The third kappa shape index (κ3) is 9.73. The zero-order valence-corrected chi connectivity index (χ0v) is 33.0. The van der Waals surface area contributed by atoms with Gasteiger partial charge in [0.05, 0.1) is 62.1 Å². The molecule has 5 rings (SSSR count). The number of aromatic nitrogens is 1. The molecule has 296 valence electrons. The molecule has 3 amide bonds. The normalized spacial score (nSPS) is 11.4. The quantitative estimate of drug-likeness (QED) is 0.0473. The highest BCUT2D eigenvalue weighted by Gasteiger charge is 2.29. The molecule has 0 aliphatic heterocycles. The maximum atomic E-state index is 13.5. The second kappa shape index (κ2) is 18.3. The number of ether oxygens (including phenoxy) is 3. The van der Waals surface area contributed by atoms with Crippen LogP contribution in [-0.2, 0) is 5.41 Å². The summed E-state index contributed by atoms with van der Waals surface area (Å²) in [6.07, 6.45) is 3.51. The number of benzene rings is 4. The van der Waals surface area contributed by atoms with Crippen LogP contribution in [0, 0.1) is 5.41 Å². The average molecular weight is 785 g/mol. The fourth-order valence-electron chi connectivity index (χ4n) is 5.76. The van der Waals surface area contributed by atoms with Crippen molar-refractivity contribution in [3.63, 3.8) is 0 Å². The third-order valence-corrected chi connectivity index (χ3v) is 9.48. The van der Waals surface area contributed by atoms with Gasteiger partial charge in [0.25, 0.3) is 5.91 Å². The summed E-state index contributed by atoms with van der Waals surface area (Å²) in [4.78, 5) is 30.8. The standard InChI is InChI=1S/C41H48N6O8S/c1-40(2,3)25-17-32(37(54-5)33(18-25)47-56-6)46-39(52)45-31-13-14-34(29-10-8-7-9-28(29)31)55-27-15-16-42-36(20-27)44-26-11-12-30(35(19-26)53-4)38(51)43-21-41(22-48,23-49)24-50/h7-20,47-50H,21-24H2,1-6H3,(H,42,44)(H,43,51)(H2,45,46,52). The van der Waals surface area contributed by atoms with E-state index >= 15 is 0 Å². The number of carbonyl (C=O) groups is 2. The first kappa shape index (κ1) is 41.4. The van der Waals surface area contributed by atoms with Crippen LogP contribution in [0.4, 0.5) is 33.4 Å². The molecule has 0 unspecified atom stereocenters. The number of amides is 3. The Bertz CT molecular complexity index is 2160. The molecule has 0 saturated heterocycles. The monoisotopic (exact) mass is 784 g/mol. The van der Waals surface area contributed by atoms with Crippen LogP contribution in [0.25, 0.3) is 10.8 Å². The molecule has 0 aliphatic rings. The number of aliphatic hydroxyl groups excluding tert-OH is 3. The van der Waals surface area contributed by atoms with Gasteiger partial charge in [0.2, 0.25) is 0 Å². The number of rotatable bonds is 16. The number of anilines is 5. The maximum absolute atomic E-state index is 13.5. The highest BCUT2D eigenvalue weighted by molar-refractivity contribution is 7.99. The number of urea groups is 1. The van der Waals surface area contributed by atoms with Crippen LogP contribution in [0.15, 0.2) is 85.1 Å². The Hall–Kier alpha value is -5.74. The minimum atomic E-state index is -1.25. The first-order valence-corrected chi connectivity index (χ1v) is 18.9. The van der Waals surface area contributed by atoms with Crippen molar-refractivity contribution in [2.45, 2.75) is 26.2 Å². The topological polar surface area (TPSA) is 196 Å². The summed E-state index contributed by atoms with van der Waals surface area (Å²) in [5, 5.41) is 42.1. The molecule has 5 aromatic rings. The Morgan fingerprint density at radius 2 is 1.48 bits per heavy atom. The number of nitrogens with one attached hydrogen (secondary N) is 5. The van der Waals surface area contributed by atoms with Crippen LogP contribution in [-0.4, -0.2) is 79.1 Å². The average Bonchev–Trinajstić information content (AvgIpc) is 3.19. The van der Waals surface area contributed by atoms with Crippen molar-refractivity contribution in [3.05, 3.63) is 96.2 Å². The van der Waals surface area contributed by atoms with E-state index in [1.807, 2.05) is 42.7 Å². The minimum Gasteiger partial charge on any atom is -0.496 e. The Morgan fingerprint density at radius 1 is 0.786 bits per heavy atom. The van der Waals surface area contributed by atoms with Gasteiger partial charge in [-0.15, -0.1) is 0 Å². The van der Waals surface area contributed by atoms with Gasteiger partial charge in [-0.05, 0) is 53.4 Å². The summed E-state index contributed by atoms with van der Waals surface area (Å²) in [6, 6.07) is 23.0. The smallest absolute Gasteiger partial charge is 0.323 e. The number of hydrogen-bond donors (Lipinski definition) is 8. The van der Waals surface area contributed by atoms with Crippen molar-refractivity contribution in [3.8, 4) is 23.0 Å². The van der Waals surface area contributed by atoms with Crippen molar-refractivity contribution in [2.24, 2.45) is 5.41 Å². The molecule has 0 atom stereocenters. The van der Waals surface area contributed by atoms with Crippen molar-refractivity contribution in [2.75, 3.05) is 67.5 Å². The molecule has 1 heterocycles. The molecule has 1 aromatic heterocycles. The van der Waals surface area contributed by atoms with E-state index in [1.165, 1.54) is 19.1 Å². The van der Waals surface area contributed by atoms with Crippen molar-refractivity contribution in [1.82, 2.24) is 10.3 Å². The predicted octanol–water partition coefficient (Wildman–Crippen LogP) is 7.11. The van der Waals surface area contributed by atoms with Gasteiger partial charge in [0, 0.05) is 47.6 Å². The molecule has 0 fully saturated rings. The molecule has 0 saturated carbocycles. The molecule has 15 heteroatoms. The third-order valence-electron chi connectivity index (χ3n) is 9.06. The van der Waals surface area contributed by atoms with E-state index in [0.29, 0.717) is 40.1 Å². The molecule has 56 heavy (non-hydrogen) atoms. The number of hydrogen-bond acceptors (Lipinski definition) is 12. The first-order chi connectivity index (χ1) is 26.9. The summed E-state index contributed by atoms with van der Waals surface area (Å²) >= 11 is 1.43. The molecule has 4 aromatic carbocycles. The number of methoxy groups -OCH3 is 2. The van der Waals surface area contributed by atoms with Crippen LogP contribution in [0.2, 0.25) is 0 Å². The Kier molecular flexibility index (Phi) is 13.5. The predicted molar refractivity (Wildman–Crippen MR) is 222 cm³/mol. The van der Waals surface area contributed by atoms with Crippen molar-refractivity contribution >= 4 is 63.2 Å². The molecule has 0 aliphatic carbocycles. The van der Waals surface area contributed by atoms with E-state index in [-0.39, 0.29) is 23.3 Å². The number of nitrogens with zero attached hydrogens (tertiary/aromatic N) is 1. The lowest BCUT2D eigenvalue weighted by molar-refractivity contribution is 0.00698. The fourth-order valence-corrected chi connectivity index (χ4v) is 6.13. The van der Waals surface area contributed by atoms with Gasteiger partial charge >= 0.3 is 6.03 Å². The number of aliphatic hydroxyl groups is 3.